The van der Waals surface area contributed by atoms with Gasteiger partial charge in [0.05, 0.1) is 17.7 Å². The number of carboxylic acids is 1. The van der Waals surface area contributed by atoms with Gasteiger partial charge in [0.2, 0.25) is 5.88 Å². The lowest BCUT2D eigenvalue weighted by Crippen LogP contribution is -2.43. The normalized spacial score (nSPS) is 16.5. The minimum atomic E-state index is -1.02. The molecule has 1 unspecified atom stereocenters. The lowest BCUT2D eigenvalue weighted by molar-refractivity contribution is -0.148. The van der Waals surface area contributed by atoms with Crippen LogP contribution >= 0.6 is 0 Å². The number of benzene rings is 1. The second-order valence-corrected chi connectivity index (χ2v) is 10.6. The maximum absolute atomic E-state index is 13.2. The van der Waals surface area contributed by atoms with E-state index in [2.05, 4.69) is 28.2 Å². The van der Waals surface area contributed by atoms with Gasteiger partial charge in [0.25, 0.3) is 0 Å². The predicted octanol–water partition coefficient (Wildman–Crippen LogP) is 5.73. The number of rotatable bonds is 11. The van der Waals surface area contributed by atoms with Crippen LogP contribution in [0.4, 0.5) is 4.79 Å². The first-order chi connectivity index (χ1) is 19.2. The largest absolute Gasteiger partial charge is 0.481 e. The molecule has 0 saturated carbocycles. The van der Waals surface area contributed by atoms with Gasteiger partial charge in [-0.3, -0.25) is 9.69 Å². The van der Waals surface area contributed by atoms with Gasteiger partial charge >= 0.3 is 12.0 Å². The third-order valence-electron chi connectivity index (χ3n) is 6.87. The van der Waals surface area contributed by atoms with Gasteiger partial charge in [0, 0.05) is 24.4 Å². The minimum Gasteiger partial charge on any atom is -0.481 e. The number of urea groups is 1. The topological polar surface area (TPSA) is 101 Å². The minimum absolute atomic E-state index is 0.00855. The smallest absolute Gasteiger partial charge is 0.322 e. The molecule has 1 aromatic carbocycles. The molecule has 210 valence electrons. The van der Waals surface area contributed by atoms with Crippen LogP contribution in [0.1, 0.15) is 51.2 Å². The molecule has 2 aromatic rings. The number of aromatic nitrogens is 1. The molecule has 0 saturated heterocycles. The number of pyridine rings is 1. The number of hydrogen-bond donors (Lipinski definition) is 2. The number of aliphatic carboxylic acids is 1. The number of amides is 2. The summed E-state index contributed by atoms with van der Waals surface area (Å²) in [6.07, 6.45) is 10.8. The molecule has 1 aliphatic heterocycles. The molecular formula is C32H37N3O5. The molecule has 2 N–H and O–H groups in total. The summed E-state index contributed by atoms with van der Waals surface area (Å²) < 4.78 is 11.8. The first-order valence-corrected chi connectivity index (χ1v) is 13.7. The second-order valence-electron chi connectivity index (χ2n) is 10.6. The van der Waals surface area contributed by atoms with E-state index in [4.69, 9.17) is 9.47 Å². The van der Waals surface area contributed by atoms with Crippen LogP contribution in [-0.2, 0) is 16.0 Å². The monoisotopic (exact) mass is 543 g/mol. The fourth-order valence-corrected chi connectivity index (χ4v) is 4.23. The molecular weight excluding hydrogens is 506 g/mol. The SMILES string of the molecule is CCC1CN(C(=O)NCCCCc2ccccc2)C2=C=C(C=C(c3ccc(OCC(C)(C)C(=O)O)nc3)C=C2)O1. The number of aryl methyl sites for hydroxylation is 1. The third-order valence-corrected chi connectivity index (χ3v) is 6.87. The Morgan fingerprint density at radius 1 is 1.18 bits per heavy atom. The highest BCUT2D eigenvalue weighted by molar-refractivity contribution is 5.80. The molecule has 4 rings (SSSR count). The molecule has 2 bridgehead atoms. The van der Waals surface area contributed by atoms with Crippen LogP contribution in [0.3, 0.4) is 0 Å². The van der Waals surface area contributed by atoms with Crippen LogP contribution in [0.5, 0.6) is 5.88 Å². The Morgan fingerprint density at radius 3 is 2.67 bits per heavy atom. The number of nitrogens with one attached hydrogen (secondary N) is 1. The molecule has 0 radical (unpaired) electrons. The van der Waals surface area contributed by atoms with E-state index in [-0.39, 0.29) is 18.7 Å². The van der Waals surface area contributed by atoms with Gasteiger partial charge in [-0.1, -0.05) is 43.3 Å². The zero-order valence-electron chi connectivity index (χ0n) is 23.4. The molecule has 1 aromatic heterocycles. The van der Waals surface area contributed by atoms with E-state index in [1.807, 2.05) is 49.4 Å². The van der Waals surface area contributed by atoms with E-state index in [1.54, 1.807) is 31.0 Å². The molecule has 0 fully saturated rings. The number of carboxylic acid groups (broad SMARTS) is 1. The van der Waals surface area contributed by atoms with Crippen molar-refractivity contribution in [3.8, 4) is 5.88 Å². The highest BCUT2D eigenvalue weighted by Gasteiger charge is 2.28. The van der Waals surface area contributed by atoms with E-state index >= 15 is 0 Å². The standard InChI is InChI=1S/C32H37N3O5/c1-4-27-21-35(31(38)33-17-9-8-12-23-10-6-5-7-11-23)26-15-13-24(18-28(19-26)40-27)25-14-16-29(34-20-25)39-22-32(2,3)30(36)37/h5-7,10-11,13-16,18,20,27H,4,8-9,12,17,21-22H2,1-3H3,(H,33,38)(H,36,37). The second kappa shape index (κ2) is 13.2. The quantitative estimate of drug-likeness (QED) is 0.277. The van der Waals surface area contributed by atoms with Crippen LogP contribution in [-0.4, -0.2) is 52.8 Å². The summed E-state index contributed by atoms with van der Waals surface area (Å²) in [6.45, 7) is 6.29. The first-order valence-electron chi connectivity index (χ1n) is 13.7. The fourth-order valence-electron chi connectivity index (χ4n) is 4.23. The molecule has 2 aliphatic rings. The van der Waals surface area contributed by atoms with Gasteiger partial charge in [0.15, 0.2) is 5.76 Å². The van der Waals surface area contributed by atoms with Crippen molar-refractivity contribution in [2.75, 3.05) is 19.7 Å². The van der Waals surface area contributed by atoms with Gasteiger partial charge in [-0.25, -0.2) is 9.78 Å². The number of unbranched alkanes of at least 4 members (excludes halogenated alkanes) is 1. The Hall–Kier alpha value is -4.29. The van der Waals surface area contributed by atoms with Crippen LogP contribution in [0.15, 0.2) is 84.1 Å². The average Bonchev–Trinajstić information content (AvgIpc) is 3.28. The zero-order chi connectivity index (χ0) is 28.5. The van der Waals surface area contributed by atoms with Gasteiger partial charge < -0.3 is 19.9 Å². The lowest BCUT2D eigenvalue weighted by atomic mass is 9.95. The van der Waals surface area contributed by atoms with Gasteiger partial charge in [-0.05, 0) is 74.6 Å². The number of carbonyl (C=O) groups is 2. The average molecular weight is 544 g/mol. The number of allylic oxidation sites excluding steroid dienone is 3. The summed E-state index contributed by atoms with van der Waals surface area (Å²) in [7, 11) is 0. The van der Waals surface area contributed by atoms with Crippen molar-refractivity contribution >= 4 is 17.6 Å². The number of ether oxygens (including phenoxy) is 2. The Kier molecular flexibility index (Phi) is 9.46. The van der Waals surface area contributed by atoms with Crippen LogP contribution in [0.2, 0.25) is 0 Å². The summed E-state index contributed by atoms with van der Waals surface area (Å²) >= 11 is 0. The van der Waals surface area contributed by atoms with Crippen molar-refractivity contribution in [1.82, 2.24) is 15.2 Å². The Bertz CT molecular complexity index is 1320. The van der Waals surface area contributed by atoms with Crippen molar-refractivity contribution in [1.29, 1.82) is 0 Å². The Labute approximate surface area is 235 Å². The van der Waals surface area contributed by atoms with Gasteiger partial charge in [0.1, 0.15) is 12.7 Å². The maximum atomic E-state index is 13.2. The van der Waals surface area contributed by atoms with Crippen molar-refractivity contribution in [2.45, 2.75) is 52.6 Å². The molecule has 40 heavy (non-hydrogen) atoms. The predicted molar refractivity (Wildman–Crippen MR) is 153 cm³/mol. The summed E-state index contributed by atoms with van der Waals surface area (Å²) in [4.78, 5) is 30.6. The van der Waals surface area contributed by atoms with E-state index in [0.717, 1.165) is 36.8 Å². The Morgan fingerprint density at radius 2 is 1.98 bits per heavy atom. The number of hydrogen-bond acceptors (Lipinski definition) is 5. The molecule has 8 heteroatoms. The summed E-state index contributed by atoms with van der Waals surface area (Å²) in [5, 5.41) is 12.3. The third kappa shape index (κ3) is 7.64. The molecule has 1 aliphatic carbocycles. The number of carbonyl (C=O) groups excluding carboxylic acids is 1. The van der Waals surface area contributed by atoms with Gasteiger partial charge in [-0.15, -0.1) is 0 Å². The number of nitrogens with zero attached hydrogens (tertiary/aromatic N) is 2. The van der Waals surface area contributed by atoms with E-state index in [9.17, 15) is 14.7 Å². The summed E-state index contributed by atoms with van der Waals surface area (Å²) in [5.41, 5.74) is 5.87. The molecule has 2 amide bonds. The Balaban J connectivity index is 1.39. The van der Waals surface area contributed by atoms with Crippen molar-refractivity contribution in [3.05, 3.63) is 95.2 Å². The highest BCUT2D eigenvalue weighted by atomic mass is 16.5. The zero-order valence-corrected chi connectivity index (χ0v) is 23.4. The van der Waals surface area contributed by atoms with E-state index in [1.165, 1.54) is 5.56 Å². The molecule has 1 atom stereocenters. The first kappa shape index (κ1) is 28.7. The van der Waals surface area contributed by atoms with Crippen LogP contribution in [0, 0.1) is 5.41 Å². The van der Waals surface area contributed by atoms with Crippen LogP contribution in [0.25, 0.3) is 5.57 Å². The molecule has 0 spiro atoms. The summed E-state index contributed by atoms with van der Waals surface area (Å²) in [5.74, 6) is -0.0254. The van der Waals surface area contributed by atoms with Crippen molar-refractivity contribution < 1.29 is 24.2 Å². The van der Waals surface area contributed by atoms with Crippen LogP contribution < -0.4 is 10.1 Å². The van der Waals surface area contributed by atoms with E-state index < -0.39 is 11.4 Å². The maximum Gasteiger partial charge on any atom is 0.322 e. The van der Waals surface area contributed by atoms with Crippen molar-refractivity contribution in [3.63, 3.8) is 0 Å². The summed E-state index contributed by atoms with van der Waals surface area (Å²) in [6, 6.07) is 13.8. The lowest BCUT2D eigenvalue weighted by Gasteiger charge is -2.26. The molecule has 8 nitrogen and oxygen atoms in total. The van der Waals surface area contributed by atoms with E-state index in [0.29, 0.717) is 30.4 Å². The van der Waals surface area contributed by atoms with Crippen molar-refractivity contribution in [2.24, 2.45) is 5.41 Å². The van der Waals surface area contributed by atoms with Gasteiger partial charge in [-0.2, -0.15) is 0 Å². The highest BCUT2D eigenvalue weighted by Crippen LogP contribution is 2.27. The fraction of sp³-hybridized carbons (Fsp3) is 0.375. The molecule has 2 heterocycles.